The standard InChI is InChI=1S/C23H24Cl2N4O4S/c1-2-18(10-11-30)27-23-26-13-20(25)22(28-23)15-6-8-19(9-7-15)34(32,33)29-21(14-31)16-4-3-5-17(24)12-16/h3-13,18,21,29-31H,2,14H2,1H3,(H,26,27,28)/b11-10+/t18?,21-/m0/s1. The first-order valence-corrected chi connectivity index (χ1v) is 12.6. The third-order valence-corrected chi connectivity index (χ3v) is 6.99. The van der Waals surface area contributed by atoms with Gasteiger partial charge in [0.1, 0.15) is 0 Å². The summed E-state index contributed by atoms with van der Waals surface area (Å²) in [6, 6.07) is 11.6. The highest BCUT2D eigenvalue weighted by atomic mass is 35.5. The van der Waals surface area contributed by atoms with Crippen LogP contribution in [-0.4, -0.2) is 41.2 Å². The average Bonchev–Trinajstić information content (AvgIpc) is 2.83. The Morgan fingerprint density at radius 2 is 1.88 bits per heavy atom. The van der Waals surface area contributed by atoms with Gasteiger partial charge in [-0.05, 0) is 42.3 Å². The van der Waals surface area contributed by atoms with Crippen LogP contribution in [0.25, 0.3) is 11.3 Å². The summed E-state index contributed by atoms with van der Waals surface area (Å²) < 4.78 is 28.3. The Bertz CT molecular complexity index is 1250. The lowest BCUT2D eigenvalue weighted by atomic mass is 10.1. The Morgan fingerprint density at radius 3 is 2.50 bits per heavy atom. The van der Waals surface area contributed by atoms with Crippen LogP contribution in [0, 0.1) is 0 Å². The van der Waals surface area contributed by atoms with E-state index in [-0.39, 0.29) is 10.9 Å². The molecule has 0 saturated carbocycles. The first kappa shape index (κ1) is 25.9. The fraction of sp³-hybridized carbons (Fsp3) is 0.217. The number of aliphatic hydroxyl groups is 2. The zero-order valence-corrected chi connectivity index (χ0v) is 20.5. The molecular weight excluding hydrogens is 499 g/mol. The topological polar surface area (TPSA) is 124 Å². The van der Waals surface area contributed by atoms with E-state index in [1.54, 1.807) is 42.5 Å². The first-order chi connectivity index (χ1) is 16.3. The minimum atomic E-state index is -3.94. The highest BCUT2D eigenvalue weighted by Gasteiger charge is 2.21. The van der Waals surface area contributed by atoms with Crippen molar-refractivity contribution in [2.24, 2.45) is 0 Å². The summed E-state index contributed by atoms with van der Waals surface area (Å²) in [5, 5.41) is 22.5. The van der Waals surface area contributed by atoms with Crippen LogP contribution in [0.3, 0.4) is 0 Å². The normalized spacial score (nSPS) is 13.6. The van der Waals surface area contributed by atoms with E-state index in [0.717, 1.165) is 6.26 Å². The molecule has 4 N–H and O–H groups in total. The Morgan fingerprint density at radius 1 is 1.15 bits per heavy atom. The highest BCUT2D eigenvalue weighted by molar-refractivity contribution is 7.89. The lowest BCUT2D eigenvalue weighted by Gasteiger charge is -2.17. The Kier molecular flexibility index (Phi) is 8.87. The molecule has 180 valence electrons. The van der Waals surface area contributed by atoms with Gasteiger partial charge in [-0.2, -0.15) is 0 Å². The minimum absolute atomic E-state index is 0.0133. The van der Waals surface area contributed by atoms with E-state index in [1.807, 2.05) is 6.92 Å². The number of hydrogen-bond donors (Lipinski definition) is 4. The first-order valence-electron chi connectivity index (χ1n) is 10.4. The van der Waals surface area contributed by atoms with E-state index >= 15 is 0 Å². The molecule has 2 atom stereocenters. The monoisotopic (exact) mass is 522 g/mol. The number of aliphatic hydroxyl groups excluding tert-OH is 2. The third-order valence-electron chi connectivity index (χ3n) is 4.99. The van der Waals surface area contributed by atoms with Gasteiger partial charge in [-0.1, -0.05) is 54.4 Å². The van der Waals surface area contributed by atoms with Gasteiger partial charge < -0.3 is 15.5 Å². The highest BCUT2D eigenvalue weighted by Crippen LogP contribution is 2.28. The number of anilines is 1. The molecule has 3 rings (SSSR count). The summed E-state index contributed by atoms with van der Waals surface area (Å²) in [6.07, 6.45) is 4.68. The van der Waals surface area contributed by atoms with Crippen molar-refractivity contribution in [1.29, 1.82) is 0 Å². The van der Waals surface area contributed by atoms with Crippen LogP contribution >= 0.6 is 23.2 Å². The van der Waals surface area contributed by atoms with Crippen molar-refractivity contribution in [3.8, 4) is 11.3 Å². The fourth-order valence-corrected chi connectivity index (χ4v) is 4.79. The van der Waals surface area contributed by atoms with Gasteiger partial charge in [0.05, 0.1) is 46.8 Å². The van der Waals surface area contributed by atoms with Crippen LogP contribution < -0.4 is 10.0 Å². The predicted octanol–water partition coefficient (Wildman–Crippen LogP) is 4.72. The smallest absolute Gasteiger partial charge is 0.241 e. The molecule has 11 heteroatoms. The SMILES string of the molecule is CCC(/C=C/O)Nc1ncc(Cl)c(-c2ccc(S(=O)(=O)N[C@@H](CO)c3cccc(Cl)c3)cc2)n1. The van der Waals surface area contributed by atoms with Crippen molar-refractivity contribution in [3.05, 3.63) is 82.7 Å². The molecule has 0 radical (unpaired) electrons. The van der Waals surface area contributed by atoms with E-state index in [2.05, 4.69) is 20.0 Å². The molecule has 2 aromatic carbocycles. The van der Waals surface area contributed by atoms with E-state index < -0.39 is 22.7 Å². The van der Waals surface area contributed by atoms with Gasteiger partial charge in [-0.25, -0.2) is 23.1 Å². The van der Waals surface area contributed by atoms with Gasteiger partial charge in [0.2, 0.25) is 16.0 Å². The van der Waals surface area contributed by atoms with Crippen molar-refractivity contribution in [2.75, 3.05) is 11.9 Å². The Balaban J connectivity index is 1.83. The van der Waals surface area contributed by atoms with Gasteiger partial charge in [-0.3, -0.25) is 0 Å². The van der Waals surface area contributed by atoms with Gasteiger partial charge in [0.15, 0.2) is 0 Å². The number of benzene rings is 2. The van der Waals surface area contributed by atoms with Gasteiger partial charge in [0, 0.05) is 10.6 Å². The molecule has 0 bridgehead atoms. The molecule has 1 heterocycles. The third kappa shape index (κ3) is 6.46. The summed E-state index contributed by atoms with van der Waals surface area (Å²) in [4.78, 5) is 8.61. The lowest BCUT2D eigenvalue weighted by Crippen LogP contribution is -2.30. The van der Waals surface area contributed by atoms with E-state index in [9.17, 15) is 13.5 Å². The molecular formula is C23H24Cl2N4O4S. The van der Waals surface area contributed by atoms with Crippen molar-refractivity contribution in [1.82, 2.24) is 14.7 Å². The summed E-state index contributed by atoms with van der Waals surface area (Å²) in [6.45, 7) is 1.50. The number of rotatable bonds is 10. The molecule has 3 aromatic rings. The maximum absolute atomic E-state index is 12.9. The molecule has 0 saturated heterocycles. The van der Waals surface area contributed by atoms with Crippen LogP contribution in [0.1, 0.15) is 24.9 Å². The summed E-state index contributed by atoms with van der Waals surface area (Å²) in [5.74, 6) is 0.315. The number of sulfonamides is 1. The predicted molar refractivity (Wildman–Crippen MR) is 134 cm³/mol. The number of nitrogens with one attached hydrogen (secondary N) is 2. The fourth-order valence-electron chi connectivity index (χ4n) is 3.18. The zero-order chi connectivity index (χ0) is 24.7. The maximum Gasteiger partial charge on any atom is 0.241 e. The van der Waals surface area contributed by atoms with Crippen LogP contribution in [0.15, 0.2) is 72.0 Å². The van der Waals surface area contributed by atoms with E-state index in [4.69, 9.17) is 28.3 Å². The summed E-state index contributed by atoms with van der Waals surface area (Å²) >= 11 is 12.3. The number of hydrogen-bond acceptors (Lipinski definition) is 7. The number of aromatic nitrogens is 2. The molecule has 0 amide bonds. The Labute approximate surface area is 208 Å². The number of halogens is 2. The van der Waals surface area contributed by atoms with Crippen LogP contribution in [0.2, 0.25) is 10.0 Å². The van der Waals surface area contributed by atoms with Crippen molar-refractivity contribution in [2.45, 2.75) is 30.3 Å². The van der Waals surface area contributed by atoms with E-state index in [0.29, 0.717) is 39.2 Å². The molecule has 34 heavy (non-hydrogen) atoms. The molecule has 0 aliphatic carbocycles. The molecule has 1 unspecified atom stereocenters. The van der Waals surface area contributed by atoms with E-state index in [1.165, 1.54) is 18.3 Å². The molecule has 0 aliphatic rings. The average molecular weight is 523 g/mol. The summed E-state index contributed by atoms with van der Waals surface area (Å²) in [7, 11) is -3.94. The van der Waals surface area contributed by atoms with Crippen molar-refractivity contribution in [3.63, 3.8) is 0 Å². The van der Waals surface area contributed by atoms with Crippen LogP contribution in [0.5, 0.6) is 0 Å². The Hall–Kier alpha value is -2.69. The lowest BCUT2D eigenvalue weighted by molar-refractivity contribution is 0.259. The molecule has 0 fully saturated rings. The van der Waals surface area contributed by atoms with Gasteiger partial charge in [-0.15, -0.1) is 0 Å². The summed E-state index contributed by atoms with van der Waals surface area (Å²) in [5.41, 5.74) is 1.56. The van der Waals surface area contributed by atoms with Crippen LogP contribution in [-0.2, 0) is 10.0 Å². The van der Waals surface area contributed by atoms with Crippen molar-refractivity contribution < 1.29 is 18.6 Å². The molecule has 0 aliphatic heterocycles. The molecule has 1 aromatic heterocycles. The molecule has 0 spiro atoms. The van der Waals surface area contributed by atoms with Gasteiger partial charge in [0.25, 0.3) is 0 Å². The van der Waals surface area contributed by atoms with Crippen LogP contribution in [0.4, 0.5) is 5.95 Å². The quantitative estimate of drug-likeness (QED) is 0.284. The largest absolute Gasteiger partial charge is 0.516 e. The number of nitrogens with zero attached hydrogens (tertiary/aromatic N) is 2. The van der Waals surface area contributed by atoms with Crippen molar-refractivity contribution >= 4 is 39.2 Å². The second-order valence-electron chi connectivity index (χ2n) is 7.33. The maximum atomic E-state index is 12.9. The second kappa shape index (κ2) is 11.6. The second-order valence-corrected chi connectivity index (χ2v) is 9.88. The zero-order valence-electron chi connectivity index (χ0n) is 18.2. The molecule has 8 nitrogen and oxygen atoms in total. The van der Waals surface area contributed by atoms with Gasteiger partial charge >= 0.3 is 0 Å². The minimum Gasteiger partial charge on any atom is -0.516 e.